The smallest absolute Gasteiger partial charge is 0.335 e. The van der Waals surface area contributed by atoms with Crippen LogP contribution in [-0.4, -0.2) is 17.1 Å². The van der Waals surface area contributed by atoms with E-state index in [0.29, 0.717) is 11.6 Å². The van der Waals surface area contributed by atoms with E-state index in [1.807, 2.05) is 19.1 Å². The van der Waals surface area contributed by atoms with Crippen molar-refractivity contribution in [3.8, 4) is 0 Å². The van der Waals surface area contributed by atoms with Crippen molar-refractivity contribution in [1.29, 1.82) is 0 Å². The fraction of sp³-hybridized carbons (Fsp3) is 0.500. The first kappa shape index (κ1) is 13.6. The minimum absolute atomic E-state index is 0.166. The number of anilines is 1. The molecule has 17 heavy (non-hydrogen) atoms. The van der Waals surface area contributed by atoms with E-state index in [-0.39, 0.29) is 5.41 Å². The van der Waals surface area contributed by atoms with Gasteiger partial charge in [-0.15, -0.1) is 0 Å². The van der Waals surface area contributed by atoms with Crippen LogP contribution in [0, 0.1) is 12.3 Å². The van der Waals surface area contributed by atoms with Gasteiger partial charge in [0.05, 0.1) is 5.56 Å². The third kappa shape index (κ3) is 3.48. The van der Waals surface area contributed by atoms with Gasteiger partial charge in [0.25, 0.3) is 0 Å². The first-order chi connectivity index (χ1) is 7.71. The van der Waals surface area contributed by atoms with E-state index in [2.05, 4.69) is 33.0 Å². The molecular weight excluding hydrogens is 214 g/mol. The van der Waals surface area contributed by atoms with Gasteiger partial charge < -0.3 is 10.4 Å². The molecule has 3 nitrogen and oxygen atoms in total. The first-order valence-electron chi connectivity index (χ1n) is 5.82. The molecule has 0 bridgehead atoms. The van der Waals surface area contributed by atoms with E-state index < -0.39 is 5.97 Å². The second kappa shape index (κ2) is 4.78. The van der Waals surface area contributed by atoms with Crippen LogP contribution in [0.5, 0.6) is 0 Å². The number of hydrogen-bond donors (Lipinski definition) is 2. The van der Waals surface area contributed by atoms with Crippen LogP contribution in [-0.2, 0) is 0 Å². The minimum atomic E-state index is -0.877. The van der Waals surface area contributed by atoms with Gasteiger partial charge in [0.2, 0.25) is 0 Å². The average molecular weight is 235 g/mol. The van der Waals surface area contributed by atoms with Gasteiger partial charge in [-0.3, -0.25) is 0 Å². The van der Waals surface area contributed by atoms with Crippen molar-refractivity contribution in [2.75, 3.05) is 5.32 Å². The summed E-state index contributed by atoms with van der Waals surface area (Å²) in [6.45, 7) is 10.5. The molecule has 3 heteroatoms. The highest BCUT2D eigenvalue weighted by Crippen LogP contribution is 2.24. The van der Waals surface area contributed by atoms with Crippen molar-refractivity contribution in [2.24, 2.45) is 5.41 Å². The molecule has 0 amide bonds. The summed E-state index contributed by atoms with van der Waals surface area (Å²) in [4.78, 5) is 10.9. The molecule has 0 heterocycles. The molecule has 1 unspecified atom stereocenters. The second-order valence-electron chi connectivity index (χ2n) is 5.57. The second-order valence-corrected chi connectivity index (χ2v) is 5.57. The standard InChI is InChI=1S/C14H21NO2/c1-9-8-11(6-7-12(9)13(16)17)15-10(2)14(3,4)5/h6-8,10,15H,1-5H3,(H,16,17). The summed E-state index contributed by atoms with van der Waals surface area (Å²) >= 11 is 0. The van der Waals surface area contributed by atoms with E-state index in [1.165, 1.54) is 0 Å². The lowest BCUT2D eigenvalue weighted by Gasteiger charge is -2.29. The third-order valence-corrected chi connectivity index (χ3v) is 3.14. The van der Waals surface area contributed by atoms with Crippen molar-refractivity contribution in [1.82, 2.24) is 0 Å². The van der Waals surface area contributed by atoms with E-state index in [9.17, 15) is 4.79 Å². The number of rotatable bonds is 3. The minimum Gasteiger partial charge on any atom is -0.478 e. The SMILES string of the molecule is Cc1cc(NC(C)C(C)(C)C)ccc1C(=O)O. The van der Waals surface area contributed by atoms with Crippen LogP contribution in [0.15, 0.2) is 18.2 Å². The predicted molar refractivity (Wildman–Crippen MR) is 70.7 cm³/mol. The number of nitrogens with one attached hydrogen (secondary N) is 1. The maximum absolute atomic E-state index is 10.9. The Morgan fingerprint density at radius 1 is 1.35 bits per heavy atom. The monoisotopic (exact) mass is 235 g/mol. The van der Waals surface area contributed by atoms with Gasteiger partial charge in [0.15, 0.2) is 0 Å². The Balaban J connectivity index is 2.88. The molecule has 0 spiro atoms. The molecule has 0 aliphatic carbocycles. The predicted octanol–water partition coefficient (Wildman–Crippen LogP) is 3.54. The molecule has 1 aromatic carbocycles. The summed E-state index contributed by atoms with van der Waals surface area (Å²) in [5, 5.41) is 12.3. The van der Waals surface area contributed by atoms with Crippen molar-refractivity contribution >= 4 is 11.7 Å². The van der Waals surface area contributed by atoms with Crippen LogP contribution in [0.2, 0.25) is 0 Å². The van der Waals surface area contributed by atoms with E-state index in [1.54, 1.807) is 6.07 Å². The summed E-state index contributed by atoms with van der Waals surface area (Å²) in [6, 6.07) is 5.66. The molecule has 0 saturated carbocycles. The van der Waals surface area contributed by atoms with Crippen molar-refractivity contribution in [3.05, 3.63) is 29.3 Å². The fourth-order valence-corrected chi connectivity index (χ4v) is 1.46. The molecule has 1 rings (SSSR count). The Labute approximate surface area is 103 Å². The Hall–Kier alpha value is -1.51. The zero-order chi connectivity index (χ0) is 13.2. The molecule has 0 aliphatic rings. The molecule has 0 aromatic heterocycles. The maximum Gasteiger partial charge on any atom is 0.335 e. The molecule has 94 valence electrons. The molecule has 2 N–H and O–H groups in total. The molecule has 0 saturated heterocycles. The maximum atomic E-state index is 10.9. The van der Waals surface area contributed by atoms with Gasteiger partial charge in [0, 0.05) is 11.7 Å². The zero-order valence-electron chi connectivity index (χ0n) is 11.2. The lowest BCUT2D eigenvalue weighted by atomic mass is 9.88. The number of hydrogen-bond acceptors (Lipinski definition) is 2. The molecule has 1 atom stereocenters. The van der Waals surface area contributed by atoms with E-state index in [4.69, 9.17) is 5.11 Å². The summed E-state index contributed by atoms with van der Waals surface area (Å²) in [5.74, 6) is -0.877. The van der Waals surface area contributed by atoms with E-state index in [0.717, 1.165) is 11.3 Å². The van der Waals surface area contributed by atoms with Gasteiger partial charge in [0.1, 0.15) is 0 Å². The summed E-state index contributed by atoms with van der Waals surface area (Å²) in [7, 11) is 0. The third-order valence-electron chi connectivity index (χ3n) is 3.14. The van der Waals surface area contributed by atoms with Crippen LogP contribution in [0.1, 0.15) is 43.6 Å². The molecular formula is C14H21NO2. The van der Waals surface area contributed by atoms with Crippen LogP contribution in [0.25, 0.3) is 0 Å². The molecule has 0 radical (unpaired) electrons. The highest BCUT2D eigenvalue weighted by Gasteiger charge is 2.19. The average Bonchev–Trinajstić information content (AvgIpc) is 2.15. The largest absolute Gasteiger partial charge is 0.478 e. The highest BCUT2D eigenvalue weighted by atomic mass is 16.4. The van der Waals surface area contributed by atoms with Gasteiger partial charge in [-0.25, -0.2) is 4.79 Å². The number of carboxylic acid groups (broad SMARTS) is 1. The van der Waals surface area contributed by atoms with Crippen LogP contribution in [0.3, 0.4) is 0 Å². The zero-order valence-corrected chi connectivity index (χ0v) is 11.2. The normalized spacial score (nSPS) is 13.2. The topological polar surface area (TPSA) is 49.3 Å². The van der Waals surface area contributed by atoms with Crippen molar-refractivity contribution < 1.29 is 9.90 Å². The van der Waals surface area contributed by atoms with Gasteiger partial charge in [-0.05, 0) is 43.0 Å². The number of carboxylic acids is 1. The number of carbonyl (C=O) groups is 1. The number of aryl methyl sites for hydroxylation is 1. The quantitative estimate of drug-likeness (QED) is 0.842. The van der Waals surface area contributed by atoms with Gasteiger partial charge >= 0.3 is 5.97 Å². The lowest BCUT2D eigenvalue weighted by molar-refractivity contribution is 0.0696. The molecule has 1 aromatic rings. The summed E-state index contributed by atoms with van der Waals surface area (Å²) in [6.07, 6.45) is 0. The molecule has 0 fully saturated rings. The van der Waals surface area contributed by atoms with Gasteiger partial charge in [-0.1, -0.05) is 20.8 Å². The highest BCUT2D eigenvalue weighted by molar-refractivity contribution is 5.89. The fourth-order valence-electron chi connectivity index (χ4n) is 1.46. The number of aromatic carboxylic acids is 1. The Morgan fingerprint density at radius 2 is 1.94 bits per heavy atom. The van der Waals surface area contributed by atoms with Crippen LogP contribution in [0.4, 0.5) is 5.69 Å². The van der Waals surface area contributed by atoms with Gasteiger partial charge in [-0.2, -0.15) is 0 Å². The van der Waals surface area contributed by atoms with Crippen LogP contribution >= 0.6 is 0 Å². The summed E-state index contributed by atoms with van der Waals surface area (Å²) in [5.41, 5.74) is 2.27. The number of benzene rings is 1. The lowest BCUT2D eigenvalue weighted by Crippen LogP contribution is -2.30. The Bertz CT molecular complexity index is 419. The van der Waals surface area contributed by atoms with Crippen molar-refractivity contribution in [3.63, 3.8) is 0 Å². The van der Waals surface area contributed by atoms with E-state index >= 15 is 0 Å². The summed E-state index contributed by atoms with van der Waals surface area (Å²) < 4.78 is 0. The Kier molecular flexibility index (Phi) is 3.81. The van der Waals surface area contributed by atoms with Crippen molar-refractivity contribution in [2.45, 2.75) is 40.7 Å². The van der Waals surface area contributed by atoms with Crippen LogP contribution < -0.4 is 5.32 Å². The Morgan fingerprint density at radius 3 is 2.35 bits per heavy atom. The first-order valence-corrected chi connectivity index (χ1v) is 5.82. The molecule has 0 aliphatic heterocycles.